The zero-order valence-electron chi connectivity index (χ0n) is 17.1. The molecule has 32 heavy (non-hydrogen) atoms. The maximum absolute atomic E-state index is 10.8. The second-order valence-electron chi connectivity index (χ2n) is 6.92. The van der Waals surface area contributed by atoms with Crippen LogP contribution in [0.15, 0.2) is 108 Å². The number of nitro benzene ring substituents is 1. The Morgan fingerprint density at radius 1 is 0.781 bits per heavy atom. The molecule has 0 atom stereocenters. The lowest BCUT2D eigenvalue weighted by Crippen LogP contribution is -1.98. The van der Waals surface area contributed by atoms with E-state index in [9.17, 15) is 10.1 Å². The number of rotatable bonds is 8. The first kappa shape index (κ1) is 20.8. The van der Waals surface area contributed by atoms with Crippen molar-refractivity contribution in [2.24, 2.45) is 4.99 Å². The lowest BCUT2D eigenvalue weighted by atomic mass is 10.2. The van der Waals surface area contributed by atoms with Gasteiger partial charge in [-0.05, 0) is 66.2 Å². The summed E-state index contributed by atoms with van der Waals surface area (Å²) >= 11 is 0. The summed E-state index contributed by atoms with van der Waals surface area (Å²) in [4.78, 5) is 14.9. The maximum atomic E-state index is 10.8. The molecule has 0 aliphatic rings. The third-order valence-corrected chi connectivity index (χ3v) is 4.63. The summed E-state index contributed by atoms with van der Waals surface area (Å²) < 4.78 is 11.7. The van der Waals surface area contributed by atoms with Crippen LogP contribution < -0.4 is 9.47 Å². The predicted molar refractivity (Wildman–Crippen MR) is 124 cm³/mol. The lowest BCUT2D eigenvalue weighted by molar-refractivity contribution is -0.384. The molecule has 0 saturated carbocycles. The van der Waals surface area contributed by atoms with Crippen molar-refractivity contribution in [3.63, 3.8) is 0 Å². The molecule has 4 rings (SSSR count). The summed E-state index contributed by atoms with van der Waals surface area (Å²) in [5.41, 5.74) is 2.52. The molecule has 6 heteroatoms. The number of nitro groups is 1. The van der Waals surface area contributed by atoms with Crippen LogP contribution in [0.4, 0.5) is 11.4 Å². The summed E-state index contributed by atoms with van der Waals surface area (Å²) in [5.74, 6) is 2.20. The fourth-order valence-corrected chi connectivity index (χ4v) is 2.96. The molecule has 0 aromatic heterocycles. The molecular weight excluding hydrogens is 404 g/mol. The monoisotopic (exact) mass is 424 g/mol. The van der Waals surface area contributed by atoms with E-state index in [-0.39, 0.29) is 5.69 Å². The molecular formula is C26H20N2O4. The van der Waals surface area contributed by atoms with E-state index in [1.807, 2.05) is 78.9 Å². The van der Waals surface area contributed by atoms with Crippen LogP contribution in [0.1, 0.15) is 11.1 Å². The first-order valence-corrected chi connectivity index (χ1v) is 9.99. The van der Waals surface area contributed by atoms with Crippen LogP contribution >= 0.6 is 0 Å². The van der Waals surface area contributed by atoms with Gasteiger partial charge in [0.25, 0.3) is 5.69 Å². The lowest BCUT2D eigenvalue weighted by Gasteiger charge is -2.09. The van der Waals surface area contributed by atoms with E-state index >= 15 is 0 Å². The summed E-state index contributed by atoms with van der Waals surface area (Å²) in [6.07, 6.45) is 1.75. The smallest absolute Gasteiger partial charge is 0.269 e. The van der Waals surface area contributed by atoms with Crippen LogP contribution in [-0.4, -0.2) is 11.1 Å². The number of hydrogen-bond donors (Lipinski definition) is 0. The minimum atomic E-state index is -0.420. The van der Waals surface area contributed by atoms with Crippen LogP contribution in [0, 0.1) is 10.1 Å². The van der Waals surface area contributed by atoms with Gasteiger partial charge in [0, 0.05) is 23.9 Å². The molecule has 0 saturated heterocycles. The van der Waals surface area contributed by atoms with Crippen molar-refractivity contribution in [1.29, 1.82) is 0 Å². The average Bonchev–Trinajstić information content (AvgIpc) is 2.84. The van der Waals surface area contributed by atoms with Gasteiger partial charge in [0.05, 0.1) is 10.6 Å². The first-order chi connectivity index (χ1) is 15.7. The molecule has 0 heterocycles. The number of ether oxygens (including phenoxy) is 2. The van der Waals surface area contributed by atoms with Crippen molar-refractivity contribution in [2.75, 3.05) is 0 Å². The molecule has 0 aliphatic heterocycles. The molecule has 4 aromatic carbocycles. The molecule has 4 aromatic rings. The van der Waals surface area contributed by atoms with Gasteiger partial charge in [-0.25, -0.2) is 0 Å². The van der Waals surface area contributed by atoms with E-state index in [0.29, 0.717) is 12.4 Å². The molecule has 6 nitrogen and oxygen atoms in total. The molecule has 0 bridgehead atoms. The standard InChI is InChI=1S/C26H20N2O4/c29-28(30)23-14-10-20(11-15-23)19-31-26-9-5-4-6-21(26)18-27-22-12-16-25(17-13-22)32-24-7-2-1-3-8-24/h1-18H,19H2. The SMILES string of the molecule is O=[N+]([O-])c1ccc(COc2ccccc2C=Nc2ccc(Oc3ccccc3)cc2)cc1. The van der Waals surface area contributed by atoms with Crippen LogP contribution in [0.25, 0.3) is 0 Å². The summed E-state index contributed by atoms with van der Waals surface area (Å²) in [6.45, 7) is 0.300. The minimum absolute atomic E-state index is 0.0569. The molecule has 0 N–H and O–H groups in total. The van der Waals surface area contributed by atoms with Gasteiger partial charge in [0.15, 0.2) is 0 Å². The van der Waals surface area contributed by atoms with Crippen molar-refractivity contribution < 1.29 is 14.4 Å². The topological polar surface area (TPSA) is 74.0 Å². The number of non-ortho nitro benzene ring substituents is 1. The number of nitrogens with zero attached hydrogens (tertiary/aromatic N) is 2. The fourth-order valence-electron chi connectivity index (χ4n) is 2.96. The highest BCUT2D eigenvalue weighted by Crippen LogP contribution is 2.24. The van der Waals surface area contributed by atoms with Gasteiger partial charge in [-0.15, -0.1) is 0 Å². The van der Waals surface area contributed by atoms with E-state index in [1.54, 1.807) is 18.3 Å². The number of benzene rings is 4. The van der Waals surface area contributed by atoms with Crippen LogP contribution in [0.5, 0.6) is 17.2 Å². The Balaban J connectivity index is 1.40. The molecule has 0 amide bonds. The number of para-hydroxylation sites is 2. The first-order valence-electron chi connectivity index (χ1n) is 9.99. The van der Waals surface area contributed by atoms with Crippen LogP contribution in [0.2, 0.25) is 0 Å². The second kappa shape index (κ2) is 10.0. The third kappa shape index (κ3) is 5.58. The highest BCUT2D eigenvalue weighted by atomic mass is 16.6. The third-order valence-electron chi connectivity index (χ3n) is 4.63. The Hall–Kier alpha value is -4.45. The van der Waals surface area contributed by atoms with Gasteiger partial charge in [0.1, 0.15) is 23.9 Å². The van der Waals surface area contributed by atoms with Crippen LogP contribution in [0.3, 0.4) is 0 Å². The van der Waals surface area contributed by atoms with Gasteiger partial charge < -0.3 is 9.47 Å². The molecule has 0 unspecified atom stereocenters. The molecule has 0 aliphatic carbocycles. The average molecular weight is 424 g/mol. The quantitative estimate of drug-likeness (QED) is 0.179. The van der Waals surface area contributed by atoms with E-state index < -0.39 is 4.92 Å². The highest BCUT2D eigenvalue weighted by Gasteiger charge is 2.06. The van der Waals surface area contributed by atoms with Crippen molar-refractivity contribution >= 4 is 17.6 Å². The molecule has 0 spiro atoms. The Morgan fingerprint density at radius 3 is 2.16 bits per heavy atom. The summed E-state index contributed by atoms with van der Waals surface area (Å²) in [6, 6.07) is 31.0. The van der Waals surface area contributed by atoms with Crippen molar-refractivity contribution in [3.8, 4) is 17.2 Å². The van der Waals surface area contributed by atoms with E-state index in [1.165, 1.54) is 12.1 Å². The predicted octanol–water partition coefficient (Wildman–Crippen LogP) is 6.72. The Morgan fingerprint density at radius 2 is 1.44 bits per heavy atom. The second-order valence-corrected chi connectivity index (χ2v) is 6.92. The van der Waals surface area contributed by atoms with Crippen molar-refractivity contribution in [1.82, 2.24) is 0 Å². The molecule has 0 fully saturated rings. The highest BCUT2D eigenvalue weighted by molar-refractivity contribution is 5.85. The normalized spacial score (nSPS) is 10.8. The molecule has 0 radical (unpaired) electrons. The van der Waals surface area contributed by atoms with Gasteiger partial charge in [0.2, 0.25) is 0 Å². The Bertz CT molecular complexity index is 1200. The van der Waals surface area contributed by atoms with E-state index in [2.05, 4.69) is 4.99 Å². The van der Waals surface area contributed by atoms with E-state index in [4.69, 9.17) is 9.47 Å². The zero-order valence-corrected chi connectivity index (χ0v) is 17.1. The molecule has 158 valence electrons. The largest absolute Gasteiger partial charge is 0.488 e. The van der Waals surface area contributed by atoms with Gasteiger partial charge >= 0.3 is 0 Å². The Kier molecular flexibility index (Phi) is 6.53. The summed E-state index contributed by atoms with van der Waals surface area (Å²) in [7, 11) is 0. The fraction of sp³-hybridized carbons (Fsp3) is 0.0385. The maximum Gasteiger partial charge on any atom is 0.269 e. The van der Waals surface area contributed by atoms with Crippen LogP contribution in [-0.2, 0) is 6.61 Å². The minimum Gasteiger partial charge on any atom is -0.488 e. The van der Waals surface area contributed by atoms with Gasteiger partial charge in [-0.3, -0.25) is 15.1 Å². The van der Waals surface area contributed by atoms with Gasteiger partial charge in [-0.2, -0.15) is 0 Å². The Labute approximate surface area is 185 Å². The number of hydrogen-bond acceptors (Lipinski definition) is 5. The summed E-state index contributed by atoms with van der Waals surface area (Å²) in [5, 5.41) is 10.8. The van der Waals surface area contributed by atoms with E-state index in [0.717, 1.165) is 28.3 Å². The zero-order chi connectivity index (χ0) is 22.2. The van der Waals surface area contributed by atoms with Gasteiger partial charge in [-0.1, -0.05) is 30.3 Å². The van der Waals surface area contributed by atoms with Crippen molar-refractivity contribution in [3.05, 3.63) is 124 Å². The number of aliphatic imine (C=N–C) groups is 1. The van der Waals surface area contributed by atoms with Crippen molar-refractivity contribution in [2.45, 2.75) is 6.61 Å².